The van der Waals surface area contributed by atoms with Gasteiger partial charge in [-0.05, 0) is 81.3 Å². The van der Waals surface area contributed by atoms with Crippen LogP contribution in [-0.4, -0.2) is 49.4 Å². The van der Waals surface area contributed by atoms with Crippen molar-refractivity contribution in [2.75, 3.05) is 32.8 Å². The van der Waals surface area contributed by atoms with Gasteiger partial charge in [0.05, 0.1) is 6.61 Å². The molecule has 1 amide bonds. The van der Waals surface area contributed by atoms with Gasteiger partial charge in [-0.15, -0.1) is 0 Å². The summed E-state index contributed by atoms with van der Waals surface area (Å²) in [5, 5.41) is 4.54. The maximum atomic E-state index is 13.1. The number of piperidine rings is 1. The molecule has 37 heavy (non-hydrogen) atoms. The number of hydrogen-bond acceptors (Lipinski definition) is 5. The van der Waals surface area contributed by atoms with E-state index in [0.717, 1.165) is 80.8 Å². The normalized spacial score (nSPS) is 14.9. The van der Waals surface area contributed by atoms with Gasteiger partial charge in [-0.2, -0.15) is 0 Å². The van der Waals surface area contributed by atoms with Crippen LogP contribution in [0.4, 0.5) is 9.18 Å². The molecule has 0 bridgehead atoms. The Kier molecular flexibility index (Phi) is 9.22. The van der Waals surface area contributed by atoms with Crippen molar-refractivity contribution in [3.05, 3.63) is 71.2 Å². The predicted octanol–water partition coefficient (Wildman–Crippen LogP) is 6.11. The van der Waals surface area contributed by atoms with Crippen molar-refractivity contribution in [2.24, 2.45) is 5.92 Å². The second kappa shape index (κ2) is 12.6. The van der Waals surface area contributed by atoms with Crippen LogP contribution in [-0.2, 0) is 28.9 Å². The van der Waals surface area contributed by atoms with Gasteiger partial charge >= 0.3 is 6.09 Å². The molecule has 0 saturated carbocycles. The number of furan rings is 1. The van der Waals surface area contributed by atoms with E-state index >= 15 is 0 Å². The highest BCUT2D eigenvalue weighted by atomic mass is 19.1. The van der Waals surface area contributed by atoms with Crippen molar-refractivity contribution < 1.29 is 23.1 Å². The summed E-state index contributed by atoms with van der Waals surface area (Å²) in [5.41, 5.74) is 2.70. The Morgan fingerprint density at radius 1 is 1.05 bits per heavy atom. The van der Waals surface area contributed by atoms with Crippen LogP contribution in [0.5, 0.6) is 0 Å². The molecule has 6 nitrogen and oxygen atoms in total. The van der Waals surface area contributed by atoms with Gasteiger partial charge in [-0.1, -0.05) is 24.3 Å². The van der Waals surface area contributed by atoms with Crippen LogP contribution in [0.2, 0.25) is 0 Å². The Labute approximate surface area is 219 Å². The van der Waals surface area contributed by atoms with E-state index in [4.69, 9.17) is 13.9 Å². The van der Waals surface area contributed by atoms with Gasteiger partial charge < -0.3 is 24.1 Å². The van der Waals surface area contributed by atoms with Gasteiger partial charge in [0.1, 0.15) is 22.8 Å². The van der Waals surface area contributed by atoms with Gasteiger partial charge in [-0.25, -0.2) is 9.18 Å². The average Bonchev–Trinajstić information content (AvgIpc) is 3.27. The molecule has 7 heteroatoms. The van der Waals surface area contributed by atoms with E-state index in [1.807, 2.05) is 32.9 Å². The summed E-state index contributed by atoms with van der Waals surface area (Å²) >= 11 is 0. The summed E-state index contributed by atoms with van der Waals surface area (Å²) in [6.45, 7) is 10.0. The number of hydrogen-bond donors (Lipinski definition) is 1. The summed E-state index contributed by atoms with van der Waals surface area (Å²) in [7, 11) is 0. The first-order valence-electron chi connectivity index (χ1n) is 13.3. The van der Waals surface area contributed by atoms with E-state index in [1.54, 1.807) is 4.90 Å². The third-order valence-corrected chi connectivity index (χ3v) is 6.58. The Morgan fingerprint density at radius 3 is 2.51 bits per heavy atom. The summed E-state index contributed by atoms with van der Waals surface area (Å²) in [4.78, 5) is 14.0. The lowest BCUT2D eigenvalue weighted by Crippen LogP contribution is -2.42. The smallest absolute Gasteiger partial charge is 0.410 e. The first-order valence-corrected chi connectivity index (χ1v) is 13.3. The van der Waals surface area contributed by atoms with Crippen molar-refractivity contribution >= 4 is 17.1 Å². The van der Waals surface area contributed by atoms with Crippen LogP contribution < -0.4 is 5.32 Å². The third-order valence-electron chi connectivity index (χ3n) is 6.58. The minimum Gasteiger partial charge on any atom is -0.461 e. The van der Waals surface area contributed by atoms with Crippen LogP contribution in [0.15, 0.2) is 52.9 Å². The molecular weight excluding hydrogens is 471 g/mol. The van der Waals surface area contributed by atoms with E-state index < -0.39 is 5.60 Å². The zero-order valence-electron chi connectivity index (χ0n) is 22.2. The lowest BCUT2D eigenvalue weighted by Gasteiger charge is -2.33. The number of nitrogens with one attached hydrogen (secondary N) is 1. The molecule has 1 saturated heterocycles. The van der Waals surface area contributed by atoms with Gasteiger partial charge in [0.15, 0.2) is 0 Å². The maximum Gasteiger partial charge on any atom is 0.410 e. The van der Waals surface area contributed by atoms with Crippen LogP contribution in [0.1, 0.15) is 50.5 Å². The van der Waals surface area contributed by atoms with Crippen LogP contribution in [0.25, 0.3) is 11.0 Å². The Hall–Kier alpha value is -2.90. The Morgan fingerprint density at radius 2 is 1.78 bits per heavy atom. The number of likely N-dealkylation sites (tertiary alicyclic amines) is 1. The van der Waals surface area contributed by atoms with Crippen molar-refractivity contribution in [3.63, 3.8) is 0 Å². The predicted molar refractivity (Wildman–Crippen MR) is 143 cm³/mol. The molecule has 1 aliphatic rings. The Bertz CT molecular complexity index is 1140. The summed E-state index contributed by atoms with van der Waals surface area (Å²) in [6, 6.07) is 15.0. The van der Waals surface area contributed by atoms with Crippen LogP contribution in [0.3, 0.4) is 0 Å². The van der Waals surface area contributed by atoms with Crippen molar-refractivity contribution in [2.45, 2.75) is 58.6 Å². The summed E-state index contributed by atoms with van der Waals surface area (Å²) in [5.74, 6) is 1.21. The van der Waals surface area contributed by atoms with E-state index in [2.05, 4.69) is 29.6 Å². The first-order chi connectivity index (χ1) is 17.7. The summed E-state index contributed by atoms with van der Waals surface area (Å²) < 4.78 is 30.5. The lowest BCUT2D eigenvalue weighted by molar-refractivity contribution is 0.0119. The second-order valence-corrected chi connectivity index (χ2v) is 10.9. The standard InChI is InChI=1S/C30H39FN2O4/c1-30(2,3)37-29(34)33-15-12-23(13-16-33)21-35-17-14-32-20-24-4-8-25-19-27(36-28(25)18-24)11-7-22-5-9-26(31)10-6-22/h4-6,8-10,18-19,23,32H,7,11-17,20-21H2,1-3H3. The summed E-state index contributed by atoms with van der Waals surface area (Å²) in [6.07, 6.45) is 3.27. The number of nitrogens with zero attached hydrogens (tertiary/aromatic N) is 1. The molecule has 200 valence electrons. The molecule has 2 heterocycles. The van der Waals surface area contributed by atoms with Crippen LogP contribution in [0, 0.1) is 11.7 Å². The monoisotopic (exact) mass is 510 g/mol. The van der Waals surface area contributed by atoms with E-state index in [9.17, 15) is 9.18 Å². The molecule has 3 aromatic rings. The van der Waals surface area contributed by atoms with Gasteiger partial charge in [0.2, 0.25) is 0 Å². The number of amides is 1. The SMILES string of the molecule is CC(C)(C)OC(=O)N1CCC(COCCNCc2ccc3cc(CCc4ccc(F)cc4)oc3c2)CC1. The largest absolute Gasteiger partial charge is 0.461 e. The number of carbonyl (C=O) groups is 1. The van der Waals surface area contributed by atoms with Gasteiger partial charge in [0, 0.05) is 44.6 Å². The number of carbonyl (C=O) groups excluding carboxylic acids is 1. The lowest BCUT2D eigenvalue weighted by atomic mass is 9.98. The van der Waals surface area contributed by atoms with E-state index in [0.29, 0.717) is 12.5 Å². The fourth-order valence-corrected chi connectivity index (χ4v) is 4.52. The molecule has 0 radical (unpaired) electrons. The molecular formula is C30H39FN2O4. The number of benzene rings is 2. The molecule has 0 aliphatic carbocycles. The van der Waals surface area contributed by atoms with Crippen LogP contribution >= 0.6 is 0 Å². The van der Waals surface area contributed by atoms with Crippen molar-refractivity contribution in [3.8, 4) is 0 Å². The van der Waals surface area contributed by atoms with Gasteiger partial charge in [-0.3, -0.25) is 0 Å². The van der Waals surface area contributed by atoms with Gasteiger partial charge in [0.25, 0.3) is 0 Å². The zero-order valence-corrected chi connectivity index (χ0v) is 22.2. The minimum atomic E-state index is -0.455. The minimum absolute atomic E-state index is 0.211. The zero-order chi connectivity index (χ0) is 26.3. The quantitative estimate of drug-likeness (QED) is 0.334. The number of aryl methyl sites for hydroxylation is 2. The fraction of sp³-hybridized carbons (Fsp3) is 0.500. The average molecular weight is 511 g/mol. The molecule has 2 aromatic carbocycles. The molecule has 1 fully saturated rings. The highest BCUT2D eigenvalue weighted by Crippen LogP contribution is 2.23. The van der Waals surface area contributed by atoms with Crippen molar-refractivity contribution in [1.82, 2.24) is 10.2 Å². The van der Waals surface area contributed by atoms with E-state index in [1.165, 1.54) is 17.7 Å². The molecule has 1 aliphatic heterocycles. The second-order valence-electron chi connectivity index (χ2n) is 10.9. The number of halogens is 1. The highest BCUT2D eigenvalue weighted by Gasteiger charge is 2.26. The highest BCUT2D eigenvalue weighted by molar-refractivity contribution is 5.78. The van der Waals surface area contributed by atoms with Crippen molar-refractivity contribution in [1.29, 1.82) is 0 Å². The number of ether oxygens (including phenoxy) is 2. The molecule has 0 spiro atoms. The molecule has 0 unspecified atom stereocenters. The van der Waals surface area contributed by atoms with E-state index in [-0.39, 0.29) is 11.9 Å². The topological polar surface area (TPSA) is 63.9 Å². The fourth-order valence-electron chi connectivity index (χ4n) is 4.52. The number of rotatable bonds is 10. The molecule has 0 atom stereocenters. The maximum absolute atomic E-state index is 13.1. The Balaban J connectivity index is 1.11. The molecule has 1 N–H and O–H groups in total. The molecule has 4 rings (SSSR count). The third kappa shape index (κ3) is 8.58. The molecule has 1 aromatic heterocycles. The first kappa shape index (κ1) is 27.1. The number of fused-ring (bicyclic) bond motifs is 1.